The number of rotatable bonds is 3. The molecule has 4 rings (SSSR count). The molecule has 0 aliphatic carbocycles. The molecule has 5 nitrogen and oxygen atoms in total. The maximum absolute atomic E-state index is 13.5. The molecule has 1 aromatic carbocycles. The number of hydrogen-bond acceptors (Lipinski definition) is 3. The van der Waals surface area contributed by atoms with Gasteiger partial charge in [0.15, 0.2) is 0 Å². The molecule has 0 radical (unpaired) electrons. The number of amides is 1. The molecule has 1 amide bonds. The molecule has 1 aliphatic heterocycles. The number of likely N-dealkylation sites (tertiary alicyclic amines) is 1. The first-order valence-corrected chi connectivity index (χ1v) is 8.33. The number of hydrogen-bond donors (Lipinski definition) is 1. The van der Waals surface area contributed by atoms with Gasteiger partial charge in [0, 0.05) is 30.3 Å². The number of carbonyl (C=O) groups excluding carboxylic acids is 1. The number of furan rings is 1. The van der Waals surface area contributed by atoms with Crippen LogP contribution in [0.15, 0.2) is 53.5 Å². The first-order chi connectivity index (χ1) is 12.2. The highest BCUT2D eigenvalue weighted by Crippen LogP contribution is 2.34. The molecule has 25 heavy (non-hydrogen) atoms. The summed E-state index contributed by atoms with van der Waals surface area (Å²) in [5.41, 5.74) is 3.35. The van der Waals surface area contributed by atoms with E-state index in [0.29, 0.717) is 18.7 Å². The van der Waals surface area contributed by atoms with Gasteiger partial charge in [0.1, 0.15) is 12.1 Å². The van der Waals surface area contributed by atoms with Gasteiger partial charge in [-0.25, -0.2) is 4.39 Å². The van der Waals surface area contributed by atoms with Gasteiger partial charge in [0.2, 0.25) is 0 Å². The van der Waals surface area contributed by atoms with Crippen molar-refractivity contribution in [3.63, 3.8) is 0 Å². The molecule has 1 aliphatic rings. The summed E-state index contributed by atoms with van der Waals surface area (Å²) in [6, 6.07) is 8.23. The standard InChI is InChI=1S/C19H18FN3O2/c20-16-3-1-2-14(10-16)17-11-21-22-18(17)13-4-7-23(8-5-13)19(24)15-6-9-25-12-15/h1-3,6,9-13H,4-5,7-8H2,(H,21,22). The van der Waals surface area contributed by atoms with Crippen LogP contribution in [0, 0.1) is 5.82 Å². The fourth-order valence-electron chi connectivity index (χ4n) is 3.43. The van der Waals surface area contributed by atoms with Crippen LogP contribution in [0.4, 0.5) is 4.39 Å². The van der Waals surface area contributed by atoms with Crippen LogP contribution in [0.2, 0.25) is 0 Å². The van der Waals surface area contributed by atoms with E-state index in [4.69, 9.17) is 4.42 Å². The second kappa shape index (κ2) is 6.55. The van der Waals surface area contributed by atoms with Gasteiger partial charge in [0.25, 0.3) is 5.91 Å². The molecule has 0 spiro atoms. The van der Waals surface area contributed by atoms with Gasteiger partial charge >= 0.3 is 0 Å². The van der Waals surface area contributed by atoms with E-state index in [9.17, 15) is 9.18 Å². The van der Waals surface area contributed by atoms with Crippen LogP contribution in [0.5, 0.6) is 0 Å². The molecule has 3 aromatic rings. The summed E-state index contributed by atoms with van der Waals surface area (Å²) in [5.74, 6) is 0.0153. The highest BCUT2D eigenvalue weighted by Gasteiger charge is 2.27. The maximum Gasteiger partial charge on any atom is 0.257 e. The number of aromatic amines is 1. The number of H-pyrrole nitrogens is 1. The summed E-state index contributed by atoms with van der Waals surface area (Å²) in [5, 5.41) is 7.23. The smallest absolute Gasteiger partial charge is 0.257 e. The zero-order valence-electron chi connectivity index (χ0n) is 13.6. The molecule has 6 heteroatoms. The minimum Gasteiger partial charge on any atom is -0.472 e. The molecule has 1 N–H and O–H groups in total. The third-order valence-electron chi connectivity index (χ3n) is 4.76. The van der Waals surface area contributed by atoms with E-state index >= 15 is 0 Å². The number of benzene rings is 1. The van der Waals surface area contributed by atoms with Crippen molar-refractivity contribution in [3.8, 4) is 11.1 Å². The largest absolute Gasteiger partial charge is 0.472 e. The van der Waals surface area contributed by atoms with Crippen molar-refractivity contribution in [3.05, 3.63) is 66.1 Å². The van der Waals surface area contributed by atoms with Crippen molar-refractivity contribution in [2.75, 3.05) is 13.1 Å². The average molecular weight is 339 g/mol. The van der Waals surface area contributed by atoms with E-state index in [1.54, 1.807) is 18.3 Å². The van der Waals surface area contributed by atoms with Crippen LogP contribution in [0.25, 0.3) is 11.1 Å². The lowest BCUT2D eigenvalue weighted by atomic mass is 9.89. The van der Waals surface area contributed by atoms with Crippen LogP contribution in [-0.2, 0) is 0 Å². The fraction of sp³-hybridized carbons (Fsp3) is 0.263. The van der Waals surface area contributed by atoms with Gasteiger partial charge in [-0.1, -0.05) is 12.1 Å². The zero-order valence-corrected chi connectivity index (χ0v) is 13.6. The second-order valence-electron chi connectivity index (χ2n) is 6.29. The zero-order chi connectivity index (χ0) is 17.2. The quantitative estimate of drug-likeness (QED) is 0.789. The summed E-state index contributed by atoms with van der Waals surface area (Å²) in [4.78, 5) is 14.2. The van der Waals surface area contributed by atoms with E-state index in [1.807, 2.05) is 11.0 Å². The van der Waals surface area contributed by atoms with Crippen molar-refractivity contribution in [2.45, 2.75) is 18.8 Å². The molecule has 0 atom stereocenters. The third kappa shape index (κ3) is 3.07. The van der Waals surface area contributed by atoms with Gasteiger partial charge < -0.3 is 9.32 Å². The Balaban J connectivity index is 1.49. The van der Waals surface area contributed by atoms with E-state index in [0.717, 1.165) is 29.7 Å². The molecule has 128 valence electrons. The Bertz CT molecular complexity index is 864. The number of carbonyl (C=O) groups is 1. The summed E-state index contributed by atoms with van der Waals surface area (Å²) in [7, 11) is 0. The molecule has 2 aromatic heterocycles. The molecule has 3 heterocycles. The number of nitrogens with one attached hydrogen (secondary N) is 1. The Morgan fingerprint density at radius 1 is 1.28 bits per heavy atom. The number of halogens is 1. The summed E-state index contributed by atoms with van der Waals surface area (Å²) in [6.07, 6.45) is 6.41. The normalized spacial score (nSPS) is 15.5. The Hall–Kier alpha value is -2.89. The van der Waals surface area contributed by atoms with Crippen LogP contribution >= 0.6 is 0 Å². The second-order valence-corrected chi connectivity index (χ2v) is 6.29. The van der Waals surface area contributed by atoms with Crippen molar-refractivity contribution < 1.29 is 13.6 Å². The molecule has 0 bridgehead atoms. The average Bonchev–Trinajstić information content (AvgIpc) is 3.33. The minimum absolute atomic E-state index is 0.00200. The van der Waals surface area contributed by atoms with E-state index in [-0.39, 0.29) is 17.6 Å². The monoisotopic (exact) mass is 339 g/mol. The molecule has 0 unspecified atom stereocenters. The molecule has 1 fully saturated rings. The number of piperidine rings is 1. The van der Waals surface area contributed by atoms with E-state index in [2.05, 4.69) is 10.2 Å². The Labute approximate surface area is 144 Å². The number of aromatic nitrogens is 2. The predicted molar refractivity (Wildman–Crippen MR) is 90.6 cm³/mol. The Morgan fingerprint density at radius 3 is 2.84 bits per heavy atom. The van der Waals surface area contributed by atoms with Crippen molar-refractivity contribution >= 4 is 5.91 Å². The molecule has 1 saturated heterocycles. The third-order valence-corrected chi connectivity index (χ3v) is 4.76. The highest BCUT2D eigenvalue weighted by molar-refractivity contribution is 5.93. The predicted octanol–water partition coefficient (Wildman–Crippen LogP) is 3.83. The maximum atomic E-state index is 13.5. The fourth-order valence-corrected chi connectivity index (χ4v) is 3.43. The van der Waals surface area contributed by atoms with Gasteiger partial charge in [-0.05, 0) is 36.6 Å². The topological polar surface area (TPSA) is 62.1 Å². The van der Waals surface area contributed by atoms with Crippen molar-refractivity contribution in [1.29, 1.82) is 0 Å². The first-order valence-electron chi connectivity index (χ1n) is 8.33. The van der Waals surface area contributed by atoms with E-state index < -0.39 is 0 Å². The van der Waals surface area contributed by atoms with Crippen molar-refractivity contribution in [2.24, 2.45) is 0 Å². The highest BCUT2D eigenvalue weighted by atomic mass is 19.1. The van der Waals surface area contributed by atoms with Crippen LogP contribution in [0.1, 0.15) is 34.8 Å². The SMILES string of the molecule is O=C(c1ccoc1)N1CCC(c2[nH]ncc2-c2cccc(F)c2)CC1. The summed E-state index contributed by atoms with van der Waals surface area (Å²) < 4.78 is 18.5. The van der Waals surface area contributed by atoms with Crippen LogP contribution < -0.4 is 0 Å². The van der Waals surface area contributed by atoms with Crippen LogP contribution in [-0.4, -0.2) is 34.1 Å². The summed E-state index contributed by atoms with van der Waals surface area (Å²) in [6.45, 7) is 1.35. The Kier molecular flexibility index (Phi) is 4.09. The minimum atomic E-state index is -0.259. The molecular weight excluding hydrogens is 321 g/mol. The van der Waals surface area contributed by atoms with Gasteiger partial charge in [0.05, 0.1) is 18.0 Å². The van der Waals surface area contributed by atoms with Gasteiger partial charge in [-0.15, -0.1) is 0 Å². The lowest BCUT2D eigenvalue weighted by Crippen LogP contribution is -2.37. The van der Waals surface area contributed by atoms with Gasteiger partial charge in [-0.3, -0.25) is 9.89 Å². The lowest BCUT2D eigenvalue weighted by molar-refractivity contribution is 0.0711. The van der Waals surface area contributed by atoms with Crippen molar-refractivity contribution in [1.82, 2.24) is 15.1 Å². The van der Waals surface area contributed by atoms with E-state index in [1.165, 1.54) is 24.7 Å². The van der Waals surface area contributed by atoms with Crippen LogP contribution in [0.3, 0.4) is 0 Å². The summed E-state index contributed by atoms with van der Waals surface area (Å²) >= 11 is 0. The number of nitrogens with zero attached hydrogens (tertiary/aromatic N) is 2. The first kappa shape index (κ1) is 15.6. The molecule has 0 saturated carbocycles. The Morgan fingerprint density at radius 2 is 2.12 bits per heavy atom. The van der Waals surface area contributed by atoms with Gasteiger partial charge in [-0.2, -0.15) is 5.10 Å². The lowest BCUT2D eigenvalue weighted by Gasteiger charge is -2.31. The molecular formula is C19H18FN3O2.